The zero-order valence-corrected chi connectivity index (χ0v) is 40.5. The molecule has 4 amide bonds. The molecule has 2 aromatic carbocycles. The molecule has 0 radical (unpaired) electrons. The van der Waals surface area contributed by atoms with Gasteiger partial charge in [0.1, 0.15) is 11.5 Å². The molecule has 19 nitrogen and oxygen atoms in total. The molecule has 0 bridgehead atoms. The van der Waals surface area contributed by atoms with E-state index in [4.69, 9.17) is 14.5 Å². The number of hydrogen-bond donors (Lipinski definition) is 3. The first-order valence-electron chi connectivity index (χ1n) is 25.0. The number of morpholine rings is 1. The average Bonchev–Trinajstić information content (AvgIpc) is 3.41. The molecule has 3 N–H and O–H groups in total. The highest BCUT2D eigenvalue weighted by Gasteiger charge is 2.50. The number of piperazine rings is 1. The number of aromatic nitrogens is 4. The summed E-state index contributed by atoms with van der Waals surface area (Å²) in [7, 11) is 0. The number of nitrogens with one attached hydrogen (secondary N) is 3. The van der Waals surface area contributed by atoms with E-state index in [0.717, 1.165) is 80.9 Å². The fourth-order valence-corrected chi connectivity index (χ4v) is 10.9. The molecule has 4 saturated heterocycles. The van der Waals surface area contributed by atoms with Crippen LogP contribution in [0.5, 0.6) is 5.88 Å². The van der Waals surface area contributed by atoms with Crippen LogP contribution in [0.25, 0.3) is 22.2 Å². The van der Waals surface area contributed by atoms with Crippen LogP contribution in [0, 0.1) is 29.6 Å². The Hall–Kier alpha value is -7.11. The number of ether oxygens (including phenoxy) is 2. The Labute approximate surface area is 417 Å². The van der Waals surface area contributed by atoms with E-state index in [-0.39, 0.29) is 42.2 Å². The van der Waals surface area contributed by atoms with Gasteiger partial charge in [-0.25, -0.2) is 15.1 Å². The van der Waals surface area contributed by atoms with E-state index >= 15 is 0 Å². The molecule has 2 aromatic heterocycles. The molecule has 6 aliphatic rings. The fraction of sp³-hybridized carbons (Fsp3) is 0.453. The predicted octanol–water partition coefficient (Wildman–Crippen LogP) is 2.78. The normalized spacial score (nSPS) is 25.3. The van der Waals surface area contributed by atoms with Crippen LogP contribution in [0.2, 0.25) is 0 Å². The Balaban J connectivity index is 0.667. The number of rotatable bonds is 13. The van der Waals surface area contributed by atoms with E-state index in [1.54, 1.807) is 18.3 Å². The number of carbonyl (C=O) groups is 4. The molecule has 19 heteroatoms. The molecule has 4 fully saturated rings. The lowest BCUT2D eigenvalue weighted by Crippen LogP contribution is -2.64. The lowest BCUT2D eigenvalue weighted by Gasteiger charge is -2.45. The summed E-state index contributed by atoms with van der Waals surface area (Å²) in [4.78, 5) is 81.6. The lowest BCUT2D eigenvalue weighted by atomic mass is 9.64. The van der Waals surface area contributed by atoms with Crippen molar-refractivity contribution in [2.75, 3.05) is 83.6 Å². The fourth-order valence-electron chi connectivity index (χ4n) is 10.9. The van der Waals surface area contributed by atoms with Gasteiger partial charge in [0.05, 0.1) is 48.6 Å². The molecular weight excluding hydrogens is 917 g/mol. The van der Waals surface area contributed by atoms with Crippen molar-refractivity contribution in [1.29, 1.82) is 5.26 Å². The van der Waals surface area contributed by atoms with Crippen molar-refractivity contribution < 1.29 is 28.7 Å². The van der Waals surface area contributed by atoms with Crippen molar-refractivity contribution in [1.82, 2.24) is 50.6 Å². The molecule has 4 aromatic rings. The first kappa shape index (κ1) is 48.5. The predicted molar refractivity (Wildman–Crippen MR) is 267 cm³/mol. The van der Waals surface area contributed by atoms with Crippen LogP contribution in [0.1, 0.15) is 49.4 Å². The van der Waals surface area contributed by atoms with Gasteiger partial charge in [0.2, 0.25) is 17.7 Å². The van der Waals surface area contributed by atoms with Crippen molar-refractivity contribution >= 4 is 40.1 Å². The van der Waals surface area contributed by atoms with E-state index in [0.29, 0.717) is 74.4 Å². The zero-order valence-electron chi connectivity index (χ0n) is 40.5. The lowest BCUT2D eigenvalue weighted by molar-refractivity contribution is -0.141. The number of benzene rings is 2. The summed E-state index contributed by atoms with van der Waals surface area (Å²) in [5.74, 6) is 0.365. The van der Waals surface area contributed by atoms with Crippen LogP contribution >= 0.6 is 0 Å². The number of hydrazine groups is 1. The summed E-state index contributed by atoms with van der Waals surface area (Å²) in [6.45, 7) is 9.98. The van der Waals surface area contributed by atoms with Crippen molar-refractivity contribution in [3.8, 4) is 23.3 Å². The summed E-state index contributed by atoms with van der Waals surface area (Å²) in [6, 6.07) is 17.2. The van der Waals surface area contributed by atoms with Crippen molar-refractivity contribution in [3.05, 3.63) is 113 Å². The van der Waals surface area contributed by atoms with Crippen molar-refractivity contribution in [2.24, 2.45) is 11.3 Å². The van der Waals surface area contributed by atoms with E-state index in [1.165, 1.54) is 10.8 Å². The molecular formula is C53H60N12O7. The van der Waals surface area contributed by atoms with Crippen LogP contribution in [0.3, 0.4) is 0 Å². The Kier molecular flexibility index (Phi) is 14.1. The second-order valence-electron chi connectivity index (χ2n) is 19.8. The van der Waals surface area contributed by atoms with Gasteiger partial charge in [-0.15, -0.1) is 0 Å². The standard InChI is InChI=1S/C53H60N12O7/c1-36-43-29-40(8-9-42(43)51(70)65(59-36)44-10-11-45(66)56-50(44)69)63-24-22-62(23-25-63)31-41-32-64(26-27-71-41)48(68)33-61-20-14-37(15-21-61)34-72-47-13-19-55-49(57-47)39-7-5-6-38(28-39)30-53(18-12-46(67)58-60-53)52(35-54)16-3-2-4-17-52/h2-9,12-13,16,18-19,28-29,37,41,44,60H,10-11,14-15,17,20-27,30-34H2,1H3,(H,58,67)(H,56,66,69)/t41-,44?,52?,53?/m1/s1. The number of fused-ring (bicyclic) bond motifs is 1. The van der Waals surface area contributed by atoms with E-state index < -0.39 is 22.9 Å². The summed E-state index contributed by atoms with van der Waals surface area (Å²) >= 11 is 0. The van der Waals surface area contributed by atoms with Crippen LogP contribution in [-0.4, -0.2) is 148 Å². The number of nitriles is 1. The number of allylic oxidation sites excluding steroid dienone is 3. The molecule has 10 rings (SSSR count). The third-order valence-corrected chi connectivity index (χ3v) is 15.1. The Morgan fingerprint density at radius 2 is 1.79 bits per heavy atom. The van der Waals surface area contributed by atoms with Crippen molar-refractivity contribution in [3.63, 3.8) is 0 Å². The monoisotopic (exact) mass is 976 g/mol. The zero-order chi connectivity index (χ0) is 49.8. The molecule has 0 saturated carbocycles. The summed E-state index contributed by atoms with van der Waals surface area (Å²) < 4.78 is 13.7. The molecule has 4 atom stereocenters. The van der Waals surface area contributed by atoms with Gasteiger partial charge in [-0.1, -0.05) is 48.6 Å². The van der Waals surface area contributed by atoms with Crippen LogP contribution in [0.15, 0.2) is 96.0 Å². The molecule has 0 spiro atoms. The molecule has 5 aliphatic heterocycles. The molecule has 72 heavy (non-hydrogen) atoms. The minimum absolute atomic E-state index is 0.0722. The van der Waals surface area contributed by atoms with Gasteiger partial charge in [-0.05, 0) is 87.9 Å². The van der Waals surface area contributed by atoms with Gasteiger partial charge >= 0.3 is 0 Å². The highest BCUT2D eigenvalue weighted by atomic mass is 16.5. The number of aryl methyl sites for hydroxylation is 1. The number of nitrogens with zero attached hydrogens (tertiary/aromatic N) is 9. The van der Waals surface area contributed by atoms with Gasteiger partial charge in [0.15, 0.2) is 5.82 Å². The second-order valence-corrected chi connectivity index (χ2v) is 19.8. The minimum Gasteiger partial charge on any atom is -0.477 e. The maximum atomic E-state index is 13.6. The van der Waals surface area contributed by atoms with Gasteiger partial charge < -0.3 is 19.3 Å². The second kappa shape index (κ2) is 20.9. The summed E-state index contributed by atoms with van der Waals surface area (Å²) in [5, 5.41) is 18.5. The third-order valence-electron chi connectivity index (χ3n) is 15.1. The number of carbonyl (C=O) groups excluding carboxylic acids is 4. The topological polar surface area (TPSA) is 220 Å². The number of piperidine rings is 2. The van der Waals surface area contributed by atoms with Crippen LogP contribution < -0.4 is 31.4 Å². The number of likely N-dealkylation sites (tertiary alicyclic amines) is 1. The largest absolute Gasteiger partial charge is 0.477 e. The summed E-state index contributed by atoms with van der Waals surface area (Å²) in [6.07, 6.45) is 15.7. The van der Waals surface area contributed by atoms with E-state index in [2.05, 4.69) is 47.0 Å². The van der Waals surface area contributed by atoms with Crippen LogP contribution in [0.4, 0.5) is 5.69 Å². The first-order chi connectivity index (χ1) is 35.0. The molecule has 7 heterocycles. The van der Waals surface area contributed by atoms with Gasteiger partial charge in [-0.2, -0.15) is 15.3 Å². The van der Waals surface area contributed by atoms with E-state index in [9.17, 15) is 29.2 Å². The highest BCUT2D eigenvalue weighted by molar-refractivity contribution is 5.99. The maximum absolute atomic E-state index is 13.6. The smallest absolute Gasteiger partial charge is 0.275 e. The maximum Gasteiger partial charge on any atom is 0.275 e. The Morgan fingerprint density at radius 1 is 0.944 bits per heavy atom. The number of imide groups is 1. The quantitative estimate of drug-likeness (QED) is 0.164. The van der Waals surface area contributed by atoms with Gasteiger partial charge in [0.25, 0.3) is 17.4 Å². The SMILES string of the molecule is Cc1nn(C2CCC(=O)NC2=O)c(=O)c2ccc(N3CCN(C[C@@H]4CN(C(=O)CN5CCC(COc6ccnc(-c7cccc(CC8(C9(C#N)C=CC=CC9)C=CC(=O)NN8)c7)n6)CC5)CCO4)CC3)cc12. The van der Waals surface area contributed by atoms with Crippen LogP contribution in [-0.2, 0) is 30.3 Å². The van der Waals surface area contributed by atoms with Gasteiger partial charge in [0, 0.05) is 87.2 Å². The molecule has 374 valence electrons. The van der Waals surface area contributed by atoms with Gasteiger partial charge in [-0.3, -0.25) is 44.5 Å². The Bertz CT molecular complexity index is 2930. The third kappa shape index (κ3) is 10.3. The van der Waals surface area contributed by atoms with Crippen molar-refractivity contribution in [2.45, 2.75) is 63.1 Å². The Morgan fingerprint density at radius 3 is 2.56 bits per heavy atom. The minimum atomic E-state index is -0.920. The number of anilines is 1. The van der Waals surface area contributed by atoms with E-state index in [1.807, 2.05) is 78.6 Å². The number of hydrogen-bond acceptors (Lipinski definition) is 15. The summed E-state index contributed by atoms with van der Waals surface area (Å²) in [5.41, 5.74) is 7.15. The average molecular weight is 977 g/mol. The molecule has 1 aliphatic carbocycles. The first-order valence-corrected chi connectivity index (χ1v) is 25.0. The molecule has 3 unspecified atom stereocenters. The highest BCUT2D eigenvalue weighted by Crippen LogP contribution is 2.43. The number of amides is 4.